The van der Waals surface area contributed by atoms with Crippen LogP contribution in [0.4, 0.5) is 5.69 Å². The third-order valence-electron chi connectivity index (χ3n) is 3.30. The van der Waals surface area contributed by atoms with Crippen LogP contribution in [0.15, 0.2) is 48.5 Å². The van der Waals surface area contributed by atoms with Gasteiger partial charge in [-0.25, -0.2) is 4.79 Å². The van der Waals surface area contributed by atoms with E-state index >= 15 is 0 Å². The second-order valence-corrected chi connectivity index (χ2v) is 5.76. The van der Waals surface area contributed by atoms with Gasteiger partial charge in [-0.15, -0.1) is 0 Å². The van der Waals surface area contributed by atoms with Gasteiger partial charge in [0.25, 0.3) is 11.8 Å². The number of carbonyl (C=O) groups excluding carboxylic acids is 4. The van der Waals surface area contributed by atoms with E-state index in [9.17, 15) is 19.2 Å². The molecule has 0 fully saturated rings. The van der Waals surface area contributed by atoms with Gasteiger partial charge in [0.1, 0.15) is 0 Å². The SMILES string of the molecule is NC(=O)CNC(=O)COC(=O)c1ccccc1NC(=O)c1ccc(Cl)cc1. The number of esters is 1. The largest absolute Gasteiger partial charge is 0.452 e. The number of halogens is 1. The maximum Gasteiger partial charge on any atom is 0.340 e. The van der Waals surface area contributed by atoms with Gasteiger partial charge in [-0.05, 0) is 36.4 Å². The van der Waals surface area contributed by atoms with Gasteiger partial charge >= 0.3 is 5.97 Å². The summed E-state index contributed by atoms with van der Waals surface area (Å²) in [7, 11) is 0. The predicted molar refractivity (Wildman–Crippen MR) is 98.3 cm³/mol. The molecule has 2 rings (SSSR count). The van der Waals surface area contributed by atoms with E-state index in [1.165, 1.54) is 12.1 Å². The summed E-state index contributed by atoms with van der Waals surface area (Å²) < 4.78 is 4.89. The van der Waals surface area contributed by atoms with Crippen molar-refractivity contribution < 1.29 is 23.9 Å². The molecule has 0 atom stereocenters. The van der Waals surface area contributed by atoms with Crippen molar-refractivity contribution in [2.45, 2.75) is 0 Å². The molecule has 0 bridgehead atoms. The molecule has 0 spiro atoms. The Morgan fingerprint density at radius 3 is 2.33 bits per heavy atom. The van der Waals surface area contributed by atoms with Crippen molar-refractivity contribution in [1.82, 2.24) is 5.32 Å². The van der Waals surface area contributed by atoms with Crippen LogP contribution in [-0.4, -0.2) is 36.8 Å². The second kappa shape index (κ2) is 9.35. The van der Waals surface area contributed by atoms with Crippen molar-refractivity contribution >= 4 is 41.0 Å². The Balaban J connectivity index is 2.02. The summed E-state index contributed by atoms with van der Waals surface area (Å²) in [5.41, 5.74) is 5.55. The van der Waals surface area contributed by atoms with Crippen molar-refractivity contribution in [1.29, 1.82) is 0 Å². The van der Waals surface area contributed by atoms with Crippen molar-refractivity contribution in [2.75, 3.05) is 18.5 Å². The predicted octanol–water partition coefficient (Wildman–Crippen LogP) is 1.35. The number of ether oxygens (including phenoxy) is 1. The van der Waals surface area contributed by atoms with Crippen LogP contribution < -0.4 is 16.4 Å². The number of hydrogen-bond donors (Lipinski definition) is 3. The van der Waals surface area contributed by atoms with Gasteiger partial charge in [0, 0.05) is 10.6 Å². The summed E-state index contributed by atoms with van der Waals surface area (Å²) in [6, 6.07) is 12.4. The molecule has 8 nitrogen and oxygen atoms in total. The lowest BCUT2D eigenvalue weighted by molar-refractivity contribution is -0.127. The van der Waals surface area contributed by atoms with Crippen LogP contribution in [0.3, 0.4) is 0 Å². The highest BCUT2D eigenvalue weighted by atomic mass is 35.5. The standard InChI is InChI=1S/C18H16ClN3O5/c19-12-7-5-11(6-8-12)17(25)22-14-4-2-1-3-13(14)18(26)27-10-16(24)21-9-15(20)23/h1-8H,9-10H2,(H2,20,23)(H,21,24)(H,22,25). The second-order valence-electron chi connectivity index (χ2n) is 5.33. The minimum atomic E-state index is -0.809. The average molecular weight is 390 g/mol. The van der Waals surface area contributed by atoms with E-state index in [-0.39, 0.29) is 17.8 Å². The molecule has 0 radical (unpaired) electrons. The Bertz CT molecular complexity index is 868. The lowest BCUT2D eigenvalue weighted by Gasteiger charge is -2.11. The molecule has 0 saturated carbocycles. The van der Waals surface area contributed by atoms with Gasteiger partial charge in [-0.2, -0.15) is 0 Å². The van der Waals surface area contributed by atoms with E-state index in [2.05, 4.69) is 10.6 Å². The van der Waals surface area contributed by atoms with Gasteiger partial charge in [0.2, 0.25) is 5.91 Å². The molecule has 9 heteroatoms. The zero-order chi connectivity index (χ0) is 19.8. The van der Waals surface area contributed by atoms with E-state index in [0.717, 1.165) is 0 Å². The summed E-state index contributed by atoms with van der Waals surface area (Å²) in [6.07, 6.45) is 0. The zero-order valence-corrected chi connectivity index (χ0v) is 14.8. The highest BCUT2D eigenvalue weighted by Gasteiger charge is 2.16. The van der Waals surface area contributed by atoms with Crippen molar-refractivity contribution in [3.8, 4) is 0 Å². The molecule has 4 N–H and O–H groups in total. The molecule has 2 aromatic carbocycles. The number of para-hydroxylation sites is 1. The van der Waals surface area contributed by atoms with Crippen LogP contribution in [0.1, 0.15) is 20.7 Å². The van der Waals surface area contributed by atoms with Crippen LogP contribution in [0.5, 0.6) is 0 Å². The Kier molecular flexibility index (Phi) is 6.90. The average Bonchev–Trinajstić information content (AvgIpc) is 2.65. The number of primary amides is 1. The number of amides is 3. The van der Waals surface area contributed by atoms with Gasteiger partial charge in [0.15, 0.2) is 6.61 Å². The minimum Gasteiger partial charge on any atom is -0.452 e. The Hall–Kier alpha value is -3.39. The summed E-state index contributed by atoms with van der Waals surface area (Å²) in [5, 5.41) is 5.29. The van der Waals surface area contributed by atoms with Crippen molar-refractivity contribution in [3.05, 3.63) is 64.7 Å². The highest BCUT2D eigenvalue weighted by Crippen LogP contribution is 2.18. The van der Waals surface area contributed by atoms with Crippen molar-refractivity contribution in [2.24, 2.45) is 5.73 Å². The van der Waals surface area contributed by atoms with E-state index in [4.69, 9.17) is 22.1 Å². The quantitative estimate of drug-likeness (QED) is 0.616. The van der Waals surface area contributed by atoms with Crippen molar-refractivity contribution in [3.63, 3.8) is 0 Å². The fraction of sp³-hybridized carbons (Fsp3) is 0.111. The summed E-state index contributed by atoms with van der Waals surface area (Å²) in [4.78, 5) is 46.6. The fourth-order valence-corrected chi connectivity index (χ4v) is 2.14. The number of rotatable bonds is 7. The van der Waals surface area contributed by atoms with Crippen LogP contribution in [0, 0.1) is 0 Å². The van der Waals surface area contributed by atoms with Crippen LogP contribution in [0.2, 0.25) is 5.02 Å². The molecular weight excluding hydrogens is 374 g/mol. The number of nitrogens with one attached hydrogen (secondary N) is 2. The van der Waals surface area contributed by atoms with Gasteiger partial charge < -0.3 is 21.1 Å². The molecule has 27 heavy (non-hydrogen) atoms. The van der Waals surface area contributed by atoms with E-state index in [0.29, 0.717) is 10.6 Å². The highest BCUT2D eigenvalue weighted by molar-refractivity contribution is 6.30. The van der Waals surface area contributed by atoms with Crippen LogP contribution >= 0.6 is 11.6 Å². The Morgan fingerprint density at radius 2 is 1.67 bits per heavy atom. The van der Waals surface area contributed by atoms with E-state index in [1.54, 1.807) is 36.4 Å². The molecule has 0 aliphatic heterocycles. The third-order valence-corrected chi connectivity index (χ3v) is 3.55. The molecule has 0 aliphatic rings. The molecule has 2 aromatic rings. The fourth-order valence-electron chi connectivity index (χ4n) is 2.01. The maximum atomic E-state index is 12.3. The summed E-state index contributed by atoms with van der Waals surface area (Å²) in [5.74, 6) is -2.64. The first-order valence-electron chi connectivity index (χ1n) is 7.75. The first kappa shape index (κ1) is 19.9. The van der Waals surface area contributed by atoms with Gasteiger partial charge in [0.05, 0.1) is 17.8 Å². The molecule has 3 amide bonds. The lowest BCUT2D eigenvalue weighted by Crippen LogP contribution is -2.36. The summed E-state index contributed by atoms with van der Waals surface area (Å²) in [6.45, 7) is -0.949. The number of carbonyl (C=O) groups is 4. The smallest absolute Gasteiger partial charge is 0.340 e. The summed E-state index contributed by atoms with van der Waals surface area (Å²) >= 11 is 5.79. The number of hydrogen-bond acceptors (Lipinski definition) is 5. The molecule has 0 heterocycles. The topological polar surface area (TPSA) is 128 Å². The molecule has 0 unspecified atom stereocenters. The lowest BCUT2D eigenvalue weighted by atomic mass is 10.1. The number of nitrogens with two attached hydrogens (primary N) is 1. The van der Waals surface area contributed by atoms with Gasteiger partial charge in [-0.1, -0.05) is 23.7 Å². The number of benzene rings is 2. The molecule has 0 aliphatic carbocycles. The molecular formula is C18H16ClN3O5. The monoisotopic (exact) mass is 389 g/mol. The first-order chi connectivity index (χ1) is 12.9. The zero-order valence-electron chi connectivity index (χ0n) is 14.0. The Morgan fingerprint density at radius 1 is 1.00 bits per heavy atom. The molecule has 0 saturated heterocycles. The molecule has 0 aromatic heterocycles. The maximum absolute atomic E-state index is 12.3. The van der Waals surface area contributed by atoms with Crippen LogP contribution in [-0.2, 0) is 14.3 Å². The normalized spacial score (nSPS) is 9.96. The first-order valence-corrected chi connectivity index (χ1v) is 8.12. The van der Waals surface area contributed by atoms with Gasteiger partial charge in [-0.3, -0.25) is 14.4 Å². The Labute approximate surface area is 159 Å². The molecule has 140 valence electrons. The van der Waals surface area contributed by atoms with Crippen LogP contribution in [0.25, 0.3) is 0 Å². The minimum absolute atomic E-state index is 0.0718. The number of anilines is 1. The third kappa shape index (κ3) is 6.12. The van der Waals surface area contributed by atoms with E-state index in [1.807, 2.05) is 0 Å². The van der Waals surface area contributed by atoms with E-state index < -0.39 is 30.3 Å².